The molecule has 1 amide bonds. The minimum absolute atomic E-state index is 0.0423. The molecule has 0 unspecified atom stereocenters. The van der Waals surface area contributed by atoms with Crippen molar-refractivity contribution in [3.63, 3.8) is 0 Å². The maximum Gasteiger partial charge on any atom is 0.220 e. The van der Waals surface area contributed by atoms with Crippen LogP contribution >= 0.6 is 34.5 Å². The number of aromatic nitrogens is 2. The van der Waals surface area contributed by atoms with Crippen molar-refractivity contribution in [3.05, 3.63) is 63.8 Å². The quantitative estimate of drug-likeness (QED) is 0.520. The molecule has 0 atom stereocenters. The molecule has 0 spiro atoms. The molecule has 0 aliphatic rings. The van der Waals surface area contributed by atoms with Gasteiger partial charge in [0, 0.05) is 34.8 Å². The molecule has 8 heteroatoms. The fourth-order valence-corrected chi connectivity index (χ4v) is 3.59. The van der Waals surface area contributed by atoms with E-state index in [4.69, 9.17) is 27.9 Å². The first kappa shape index (κ1) is 19.6. The Morgan fingerprint density at radius 1 is 1.19 bits per heavy atom. The molecule has 0 radical (unpaired) electrons. The van der Waals surface area contributed by atoms with E-state index in [-0.39, 0.29) is 5.91 Å². The summed E-state index contributed by atoms with van der Waals surface area (Å²) < 4.78 is 5.57. The fraction of sp³-hybridized carbons (Fsp3) is 0.211. The van der Waals surface area contributed by atoms with E-state index in [0.717, 1.165) is 16.3 Å². The van der Waals surface area contributed by atoms with Gasteiger partial charge in [-0.05, 0) is 36.8 Å². The summed E-state index contributed by atoms with van der Waals surface area (Å²) in [5.41, 5.74) is 1.86. The fourth-order valence-electron chi connectivity index (χ4n) is 2.30. The average molecular weight is 422 g/mol. The lowest BCUT2D eigenvalue weighted by atomic mass is 10.3. The number of amides is 1. The van der Waals surface area contributed by atoms with E-state index in [2.05, 4.69) is 15.3 Å². The van der Waals surface area contributed by atoms with E-state index < -0.39 is 0 Å². The van der Waals surface area contributed by atoms with E-state index in [1.54, 1.807) is 41.9 Å². The zero-order valence-corrected chi connectivity index (χ0v) is 16.7. The monoisotopic (exact) mass is 421 g/mol. The Morgan fingerprint density at radius 3 is 2.78 bits per heavy atom. The van der Waals surface area contributed by atoms with Crippen LogP contribution in [-0.2, 0) is 11.3 Å². The van der Waals surface area contributed by atoms with Gasteiger partial charge in [-0.25, -0.2) is 4.98 Å². The number of ether oxygens (including phenoxy) is 1. The molecule has 0 fully saturated rings. The molecular formula is C19H17Cl2N3O2S. The van der Waals surface area contributed by atoms with Gasteiger partial charge in [0.2, 0.25) is 5.91 Å². The Kier molecular flexibility index (Phi) is 7.04. The van der Waals surface area contributed by atoms with E-state index in [1.807, 2.05) is 17.5 Å². The number of hydrogen-bond acceptors (Lipinski definition) is 5. The summed E-state index contributed by atoms with van der Waals surface area (Å²) in [5.74, 6) is 0.520. The van der Waals surface area contributed by atoms with E-state index in [1.165, 1.54) is 0 Å². The molecular weight excluding hydrogens is 405 g/mol. The van der Waals surface area contributed by atoms with Crippen LogP contribution in [0.15, 0.2) is 48.1 Å². The van der Waals surface area contributed by atoms with Crippen LogP contribution < -0.4 is 10.1 Å². The Bertz CT molecular complexity index is 903. The molecule has 2 heterocycles. The van der Waals surface area contributed by atoms with Crippen molar-refractivity contribution >= 4 is 40.4 Å². The van der Waals surface area contributed by atoms with Crippen molar-refractivity contribution in [3.8, 4) is 16.3 Å². The maximum absolute atomic E-state index is 12.0. The number of carbonyl (C=O) groups is 1. The number of nitrogens with zero attached hydrogens (tertiary/aromatic N) is 2. The van der Waals surface area contributed by atoms with Crippen LogP contribution in [0.3, 0.4) is 0 Å². The highest BCUT2D eigenvalue weighted by Crippen LogP contribution is 2.27. The predicted molar refractivity (Wildman–Crippen MR) is 108 cm³/mol. The van der Waals surface area contributed by atoms with Gasteiger partial charge in [0.25, 0.3) is 0 Å². The van der Waals surface area contributed by atoms with Gasteiger partial charge in [-0.15, -0.1) is 11.3 Å². The average Bonchev–Trinajstić information content (AvgIpc) is 3.15. The van der Waals surface area contributed by atoms with Gasteiger partial charge < -0.3 is 10.1 Å². The third-order valence-corrected chi connectivity index (χ3v) is 5.12. The summed E-state index contributed by atoms with van der Waals surface area (Å²) in [6.07, 6.45) is 4.42. The highest BCUT2D eigenvalue weighted by atomic mass is 35.5. The van der Waals surface area contributed by atoms with Crippen LogP contribution in [0.1, 0.15) is 18.5 Å². The smallest absolute Gasteiger partial charge is 0.220 e. The highest BCUT2D eigenvalue weighted by Gasteiger charge is 2.07. The molecule has 1 aromatic carbocycles. The Morgan fingerprint density at radius 2 is 2.00 bits per heavy atom. The zero-order valence-electron chi connectivity index (χ0n) is 14.3. The van der Waals surface area contributed by atoms with Crippen LogP contribution in [0.5, 0.6) is 5.75 Å². The third-order valence-electron chi connectivity index (χ3n) is 3.65. The van der Waals surface area contributed by atoms with Crippen LogP contribution in [0.4, 0.5) is 0 Å². The number of rotatable bonds is 8. The molecule has 0 saturated heterocycles. The normalized spacial score (nSPS) is 10.6. The first-order valence-corrected chi connectivity index (χ1v) is 9.95. The number of pyridine rings is 1. The summed E-state index contributed by atoms with van der Waals surface area (Å²) in [6, 6.07) is 8.87. The number of carbonyl (C=O) groups excluding carboxylic acids is 1. The molecule has 140 valence electrons. The van der Waals surface area contributed by atoms with Crippen LogP contribution in [-0.4, -0.2) is 22.5 Å². The van der Waals surface area contributed by atoms with Crippen molar-refractivity contribution in [2.24, 2.45) is 0 Å². The Balaban J connectivity index is 1.38. The van der Waals surface area contributed by atoms with Gasteiger partial charge in [0.1, 0.15) is 10.8 Å². The second kappa shape index (κ2) is 9.69. The van der Waals surface area contributed by atoms with Crippen molar-refractivity contribution in [2.75, 3.05) is 6.61 Å². The topological polar surface area (TPSA) is 64.1 Å². The highest BCUT2D eigenvalue weighted by molar-refractivity contribution is 7.13. The standard InChI is InChI=1S/C19H17Cl2N3O2S/c20-14-3-4-17(16(21)10-14)26-9-1-2-18(25)23-11-15-12-27-19(24-15)13-5-7-22-8-6-13/h3-8,10,12H,1-2,9,11H2,(H,23,25). The molecule has 27 heavy (non-hydrogen) atoms. The van der Waals surface area contributed by atoms with Crippen molar-refractivity contribution < 1.29 is 9.53 Å². The second-order valence-corrected chi connectivity index (χ2v) is 7.39. The van der Waals surface area contributed by atoms with Crippen molar-refractivity contribution in [2.45, 2.75) is 19.4 Å². The van der Waals surface area contributed by atoms with Gasteiger partial charge in [0.05, 0.1) is 23.9 Å². The van der Waals surface area contributed by atoms with E-state index >= 15 is 0 Å². The number of benzene rings is 1. The molecule has 5 nitrogen and oxygen atoms in total. The van der Waals surface area contributed by atoms with E-state index in [9.17, 15) is 4.79 Å². The molecule has 0 bridgehead atoms. The lowest BCUT2D eigenvalue weighted by Gasteiger charge is -2.08. The molecule has 1 N–H and O–H groups in total. The summed E-state index contributed by atoms with van der Waals surface area (Å²) in [7, 11) is 0. The summed E-state index contributed by atoms with van der Waals surface area (Å²) in [5, 5.41) is 6.75. The SMILES string of the molecule is O=C(CCCOc1ccc(Cl)cc1Cl)NCc1csc(-c2ccncc2)n1. The maximum atomic E-state index is 12.0. The third kappa shape index (κ3) is 5.92. The van der Waals surface area contributed by atoms with Gasteiger partial charge in [0.15, 0.2) is 0 Å². The lowest BCUT2D eigenvalue weighted by molar-refractivity contribution is -0.121. The minimum Gasteiger partial charge on any atom is -0.492 e. The first-order chi connectivity index (χ1) is 13.1. The van der Waals surface area contributed by atoms with Crippen LogP contribution in [0, 0.1) is 0 Å². The summed E-state index contributed by atoms with van der Waals surface area (Å²) >= 11 is 13.4. The lowest BCUT2D eigenvalue weighted by Crippen LogP contribution is -2.23. The molecule has 0 aliphatic heterocycles. The van der Waals surface area contributed by atoms with E-state index in [0.29, 0.717) is 41.8 Å². The molecule has 2 aromatic heterocycles. The van der Waals surface area contributed by atoms with Gasteiger partial charge in [-0.1, -0.05) is 23.2 Å². The van der Waals surface area contributed by atoms with Crippen LogP contribution in [0.2, 0.25) is 10.0 Å². The molecule has 0 saturated carbocycles. The zero-order chi connectivity index (χ0) is 19.1. The largest absolute Gasteiger partial charge is 0.492 e. The van der Waals surface area contributed by atoms with Crippen molar-refractivity contribution in [1.29, 1.82) is 0 Å². The number of nitrogens with one attached hydrogen (secondary N) is 1. The Hall–Kier alpha value is -2.15. The predicted octanol–water partition coefficient (Wildman–Crippen LogP) is 4.99. The molecule has 3 rings (SSSR count). The van der Waals surface area contributed by atoms with Crippen molar-refractivity contribution in [1.82, 2.24) is 15.3 Å². The van der Waals surface area contributed by atoms with Gasteiger partial charge >= 0.3 is 0 Å². The minimum atomic E-state index is -0.0423. The number of thiazole rings is 1. The molecule has 0 aliphatic carbocycles. The summed E-state index contributed by atoms with van der Waals surface area (Å²) in [6.45, 7) is 0.807. The summed E-state index contributed by atoms with van der Waals surface area (Å²) in [4.78, 5) is 20.5. The van der Waals surface area contributed by atoms with Gasteiger partial charge in [-0.3, -0.25) is 9.78 Å². The second-order valence-electron chi connectivity index (χ2n) is 5.68. The number of hydrogen-bond donors (Lipinski definition) is 1. The number of halogens is 2. The molecule has 3 aromatic rings. The van der Waals surface area contributed by atoms with Gasteiger partial charge in [-0.2, -0.15) is 0 Å². The Labute approximate surface area is 171 Å². The van der Waals surface area contributed by atoms with Crippen LogP contribution in [0.25, 0.3) is 10.6 Å². The first-order valence-electron chi connectivity index (χ1n) is 8.31.